The molecule has 0 aromatic carbocycles. The molecule has 1 fully saturated rings. The number of carbonyl (C=O) groups is 2. The molecule has 0 aromatic rings. The Labute approximate surface area is 114 Å². The minimum Gasteiger partial charge on any atom is -0.468 e. The summed E-state index contributed by atoms with van der Waals surface area (Å²) in [5.41, 5.74) is -0.479. The Morgan fingerprint density at radius 2 is 1.63 bits per heavy atom. The van der Waals surface area contributed by atoms with E-state index in [1.54, 1.807) is 4.90 Å². The Morgan fingerprint density at radius 3 is 2.05 bits per heavy atom. The fourth-order valence-electron chi connectivity index (χ4n) is 1.94. The fraction of sp³-hybridized carbons (Fsp3) is 0.846. The van der Waals surface area contributed by atoms with E-state index in [0.29, 0.717) is 26.2 Å². The zero-order valence-electron chi connectivity index (χ0n) is 12.4. The molecular formula is C13H24N2O4. The Hall–Kier alpha value is -1.30. The second-order valence-corrected chi connectivity index (χ2v) is 5.70. The zero-order chi connectivity index (χ0) is 14.6. The van der Waals surface area contributed by atoms with Crippen LogP contribution in [0.2, 0.25) is 0 Å². The van der Waals surface area contributed by atoms with Crippen molar-refractivity contribution in [1.82, 2.24) is 9.80 Å². The average Bonchev–Trinajstić information content (AvgIpc) is 2.35. The fourth-order valence-corrected chi connectivity index (χ4v) is 1.94. The number of hydrogen-bond donors (Lipinski definition) is 0. The molecule has 0 bridgehead atoms. The molecule has 0 spiro atoms. The van der Waals surface area contributed by atoms with Crippen molar-refractivity contribution in [3.05, 3.63) is 0 Å². The number of methoxy groups -OCH3 is 1. The number of rotatable bonds is 2. The molecule has 0 N–H and O–H groups in total. The van der Waals surface area contributed by atoms with Crippen LogP contribution >= 0.6 is 0 Å². The van der Waals surface area contributed by atoms with Crippen molar-refractivity contribution >= 4 is 12.1 Å². The smallest absolute Gasteiger partial charge is 0.410 e. The Morgan fingerprint density at radius 1 is 1.11 bits per heavy atom. The standard InChI is InChI=1S/C13H24N2O4/c1-10(11(16)18-5)14-6-8-15(9-7-14)12(17)19-13(2,3)4/h10H,6-9H2,1-5H3/t10-/m0/s1. The summed E-state index contributed by atoms with van der Waals surface area (Å²) in [6.45, 7) is 9.79. The van der Waals surface area contributed by atoms with Gasteiger partial charge in [-0.15, -0.1) is 0 Å². The summed E-state index contributed by atoms with van der Waals surface area (Å²) in [4.78, 5) is 27.0. The summed E-state index contributed by atoms with van der Waals surface area (Å²) in [6, 6.07) is -0.272. The topological polar surface area (TPSA) is 59.1 Å². The van der Waals surface area contributed by atoms with E-state index >= 15 is 0 Å². The van der Waals surface area contributed by atoms with Crippen LogP contribution in [0, 0.1) is 0 Å². The number of carbonyl (C=O) groups excluding carboxylic acids is 2. The highest BCUT2D eigenvalue weighted by atomic mass is 16.6. The van der Waals surface area contributed by atoms with Crippen LogP contribution in [0.25, 0.3) is 0 Å². The molecule has 1 atom stereocenters. The molecule has 0 aliphatic carbocycles. The third-order valence-electron chi connectivity index (χ3n) is 3.06. The summed E-state index contributed by atoms with van der Waals surface area (Å²) in [6.07, 6.45) is -0.294. The van der Waals surface area contributed by atoms with Gasteiger partial charge >= 0.3 is 12.1 Å². The predicted octanol–water partition coefficient (Wildman–Crippen LogP) is 1.10. The van der Waals surface area contributed by atoms with Crippen molar-refractivity contribution in [3.63, 3.8) is 0 Å². The van der Waals surface area contributed by atoms with E-state index in [2.05, 4.69) is 0 Å². The van der Waals surface area contributed by atoms with Gasteiger partial charge in [-0.1, -0.05) is 0 Å². The Kier molecular flexibility index (Phi) is 5.17. The molecule has 1 rings (SSSR count). The minimum absolute atomic E-state index is 0.245. The van der Waals surface area contributed by atoms with Gasteiger partial charge in [0.2, 0.25) is 0 Å². The van der Waals surface area contributed by atoms with E-state index in [1.807, 2.05) is 32.6 Å². The quantitative estimate of drug-likeness (QED) is 0.705. The van der Waals surface area contributed by atoms with E-state index in [0.717, 1.165) is 0 Å². The van der Waals surface area contributed by atoms with Gasteiger partial charge in [-0.3, -0.25) is 9.69 Å². The molecule has 1 aliphatic heterocycles. The third kappa shape index (κ3) is 4.70. The maximum Gasteiger partial charge on any atom is 0.410 e. The van der Waals surface area contributed by atoms with E-state index in [-0.39, 0.29) is 18.1 Å². The largest absolute Gasteiger partial charge is 0.468 e. The molecule has 0 radical (unpaired) electrons. The van der Waals surface area contributed by atoms with E-state index in [9.17, 15) is 9.59 Å². The van der Waals surface area contributed by atoms with Crippen LogP contribution < -0.4 is 0 Å². The van der Waals surface area contributed by atoms with Crippen LogP contribution in [0.1, 0.15) is 27.7 Å². The lowest BCUT2D eigenvalue weighted by molar-refractivity contribution is -0.146. The van der Waals surface area contributed by atoms with Gasteiger partial charge in [0.05, 0.1) is 7.11 Å². The second kappa shape index (κ2) is 6.23. The third-order valence-corrected chi connectivity index (χ3v) is 3.06. The van der Waals surface area contributed by atoms with Crippen LogP contribution in [0.15, 0.2) is 0 Å². The van der Waals surface area contributed by atoms with Gasteiger partial charge in [0, 0.05) is 26.2 Å². The average molecular weight is 272 g/mol. The molecule has 6 heteroatoms. The molecule has 19 heavy (non-hydrogen) atoms. The van der Waals surface area contributed by atoms with Crippen LogP contribution in [0.5, 0.6) is 0 Å². The molecule has 1 amide bonds. The van der Waals surface area contributed by atoms with Gasteiger partial charge < -0.3 is 14.4 Å². The molecule has 0 saturated carbocycles. The zero-order valence-corrected chi connectivity index (χ0v) is 12.4. The molecule has 1 aliphatic rings. The number of nitrogens with zero attached hydrogens (tertiary/aromatic N) is 2. The molecular weight excluding hydrogens is 248 g/mol. The first-order valence-corrected chi connectivity index (χ1v) is 6.54. The SMILES string of the molecule is COC(=O)[C@H](C)N1CCN(C(=O)OC(C)(C)C)CC1. The van der Waals surface area contributed by atoms with Crippen molar-refractivity contribution in [2.75, 3.05) is 33.3 Å². The van der Waals surface area contributed by atoms with Gasteiger partial charge in [-0.2, -0.15) is 0 Å². The normalized spacial score (nSPS) is 18.9. The second-order valence-electron chi connectivity index (χ2n) is 5.70. The lowest BCUT2D eigenvalue weighted by Gasteiger charge is -2.37. The van der Waals surface area contributed by atoms with Crippen LogP contribution in [-0.4, -0.2) is 66.8 Å². The predicted molar refractivity (Wildman–Crippen MR) is 70.9 cm³/mol. The van der Waals surface area contributed by atoms with Crippen molar-refractivity contribution in [2.24, 2.45) is 0 Å². The Bertz CT molecular complexity index is 330. The van der Waals surface area contributed by atoms with Gasteiger partial charge in [-0.25, -0.2) is 4.79 Å². The minimum atomic E-state index is -0.479. The van der Waals surface area contributed by atoms with Gasteiger partial charge in [0.1, 0.15) is 11.6 Å². The highest BCUT2D eigenvalue weighted by Crippen LogP contribution is 2.13. The summed E-state index contributed by atoms with van der Waals surface area (Å²) in [5, 5.41) is 0. The molecule has 1 saturated heterocycles. The molecule has 0 aromatic heterocycles. The number of piperazine rings is 1. The van der Waals surface area contributed by atoms with Gasteiger partial charge in [0.15, 0.2) is 0 Å². The summed E-state index contributed by atoms with van der Waals surface area (Å²) in [7, 11) is 1.38. The molecule has 6 nitrogen and oxygen atoms in total. The highest BCUT2D eigenvalue weighted by Gasteiger charge is 2.29. The first-order chi connectivity index (χ1) is 8.74. The Balaban J connectivity index is 2.45. The van der Waals surface area contributed by atoms with E-state index < -0.39 is 5.60 Å². The van der Waals surface area contributed by atoms with Crippen molar-refractivity contribution < 1.29 is 19.1 Å². The summed E-state index contributed by atoms with van der Waals surface area (Å²) in [5.74, 6) is -0.245. The highest BCUT2D eigenvalue weighted by molar-refractivity contribution is 5.75. The van der Waals surface area contributed by atoms with Crippen LogP contribution in [-0.2, 0) is 14.3 Å². The van der Waals surface area contributed by atoms with Gasteiger partial charge in [-0.05, 0) is 27.7 Å². The van der Waals surface area contributed by atoms with Crippen molar-refractivity contribution in [3.8, 4) is 0 Å². The summed E-state index contributed by atoms with van der Waals surface area (Å²) >= 11 is 0. The molecule has 0 unspecified atom stereocenters. The first kappa shape index (κ1) is 15.8. The monoisotopic (exact) mass is 272 g/mol. The number of hydrogen-bond acceptors (Lipinski definition) is 5. The van der Waals surface area contributed by atoms with Crippen LogP contribution in [0.4, 0.5) is 4.79 Å². The maximum atomic E-state index is 11.9. The summed E-state index contributed by atoms with van der Waals surface area (Å²) < 4.78 is 10.0. The number of esters is 1. The van der Waals surface area contributed by atoms with Crippen molar-refractivity contribution in [2.45, 2.75) is 39.3 Å². The number of amides is 1. The lowest BCUT2D eigenvalue weighted by Crippen LogP contribution is -2.54. The van der Waals surface area contributed by atoms with Gasteiger partial charge in [0.25, 0.3) is 0 Å². The lowest BCUT2D eigenvalue weighted by atomic mass is 10.2. The van der Waals surface area contributed by atoms with Crippen LogP contribution in [0.3, 0.4) is 0 Å². The number of ether oxygens (including phenoxy) is 2. The molecule has 1 heterocycles. The van der Waals surface area contributed by atoms with Crippen molar-refractivity contribution in [1.29, 1.82) is 0 Å². The molecule has 110 valence electrons. The van der Waals surface area contributed by atoms with E-state index in [4.69, 9.17) is 9.47 Å². The first-order valence-electron chi connectivity index (χ1n) is 6.54. The van der Waals surface area contributed by atoms with E-state index in [1.165, 1.54) is 7.11 Å². The maximum absolute atomic E-state index is 11.9.